The van der Waals surface area contributed by atoms with Crippen molar-refractivity contribution in [2.24, 2.45) is 0 Å². The minimum Gasteiger partial charge on any atom is -0.357 e. The number of carbonyl (C=O) groups is 2. The number of hydrogen-bond donors (Lipinski definition) is 1. The lowest BCUT2D eigenvalue weighted by Gasteiger charge is -2.32. The minimum absolute atomic E-state index is 0.00696. The standard InChI is InChI=1S/C28H32ClN3O4S/c1-19-7-6-8-23(15-19)17-31(22(4)28(34)30-5)27(33)18-32(25-12-9-20(2)21(3)16-25)37(35,36)26-13-10-24(29)11-14-26/h6-16,22H,17-18H2,1-5H3,(H,30,34)/t22-/m0/s1. The van der Waals surface area contributed by atoms with E-state index in [9.17, 15) is 18.0 Å². The molecule has 196 valence electrons. The molecule has 0 spiro atoms. The highest BCUT2D eigenvalue weighted by Crippen LogP contribution is 2.27. The van der Waals surface area contributed by atoms with Crippen molar-refractivity contribution >= 4 is 39.1 Å². The molecule has 7 nitrogen and oxygen atoms in total. The Hall–Kier alpha value is -3.36. The molecule has 3 rings (SSSR count). The Morgan fingerprint density at radius 3 is 2.22 bits per heavy atom. The van der Waals surface area contributed by atoms with E-state index in [0.717, 1.165) is 26.6 Å². The average Bonchev–Trinajstić information content (AvgIpc) is 2.86. The molecule has 3 aromatic rings. The van der Waals surface area contributed by atoms with Crippen molar-refractivity contribution < 1.29 is 18.0 Å². The summed E-state index contributed by atoms with van der Waals surface area (Å²) in [5.74, 6) is -0.854. The average molecular weight is 542 g/mol. The number of nitrogens with zero attached hydrogens (tertiary/aromatic N) is 2. The summed E-state index contributed by atoms with van der Waals surface area (Å²) in [6.45, 7) is 7.04. The van der Waals surface area contributed by atoms with Crippen molar-refractivity contribution in [2.75, 3.05) is 17.9 Å². The Bertz CT molecular complexity index is 1390. The molecule has 0 aliphatic rings. The first kappa shape index (κ1) is 28.2. The SMILES string of the molecule is CNC(=O)[C@H](C)N(Cc1cccc(C)c1)C(=O)CN(c1ccc(C)c(C)c1)S(=O)(=O)c1ccc(Cl)cc1. The zero-order chi connectivity index (χ0) is 27.3. The van der Waals surface area contributed by atoms with Crippen LogP contribution in [0.3, 0.4) is 0 Å². The summed E-state index contributed by atoms with van der Waals surface area (Å²) in [7, 11) is -2.63. The van der Waals surface area contributed by atoms with E-state index in [4.69, 9.17) is 11.6 Å². The number of nitrogens with one attached hydrogen (secondary N) is 1. The quantitative estimate of drug-likeness (QED) is 0.428. The number of likely N-dealkylation sites (N-methyl/N-ethyl adjacent to an activating group) is 1. The van der Waals surface area contributed by atoms with Gasteiger partial charge in [0.25, 0.3) is 10.0 Å². The van der Waals surface area contributed by atoms with Gasteiger partial charge in [-0.15, -0.1) is 0 Å². The zero-order valence-electron chi connectivity index (χ0n) is 21.7. The molecule has 9 heteroatoms. The Kier molecular flexibility index (Phi) is 8.99. The van der Waals surface area contributed by atoms with Crippen LogP contribution in [0.5, 0.6) is 0 Å². The van der Waals surface area contributed by atoms with Crippen LogP contribution in [0.1, 0.15) is 29.2 Å². The second-order valence-electron chi connectivity index (χ2n) is 9.04. The Morgan fingerprint density at radius 2 is 1.62 bits per heavy atom. The van der Waals surface area contributed by atoms with E-state index in [-0.39, 0.29) is 17.3 Å². The molecule has 0 bridgehead atoms. The first-order chi connectivity index (χ1) is 17.4. The maximum absolute atomic E-state index is 13.8. The topological polar surface area (TPSA) is 86.8 Å². The predicted molar refractivity (Wildman–Crippen MR) is 147 cm³/mol. The lowest BCUT2D eigenvalue weighted by atomic mass is 10.1. The van der Waals surface area contributed by atoms with E-state index in [1.54, 1.807) is 19.1 Å². The number of rotatable bonds is 9. The van der Waals surface area contributed by atoms with E-state index in [0.29, 0.717) is 10.7 Å². The van der Waals surface area contributed by atoms with Gasteiger partial charge in [-0.05, 0) is 80.8 Å². The molecule has 0 unspecified atom stereocenters. The lowest BCUT2D eigenvalue weighted by molar-refractivity contribution is -0.139. The van der Waals surface area contributed by atoms with Crippen molar-refractivity contribution in [3.8, 4) is 0 Å². The Labute approximate surface area is 224 Å². The van der Waals surface area contributed by atoms with Gasteiger partial charge in [-0.3, -0.25) is 13.9 Å². The van der Waals surface area contributed by atoms with E-state index >= 15 is 0 Å². The Balaban J connectivity index is 2.06. The molecule has 0 aromatic heterocycles. The number of aryl methyl sites for hydroxylation is 3. The first-order valence-electron chi connectivity index (χ1n) is 11.9. The van der Waals surface area contributed by atoms with Crippen molar-refractivity contribution in [2.45, 2.75) is 45.2 Å². The van der Waals surface area contributed by atoms with Gasteiger partial charge in [-0.25, -0.2) is 8.42 Å². The summed E-state index contributed by atoms with van der Waals surface area (Å²) in [6, 6.07) is 17.8. The number of hydrogen-bond acceptors (Lipinski definition) is 4. The van der Waals surface area contributed by atoms with Crippen LogP contribution in [0.15, 0.2) is 71.6 Å². The summed E-state index contributed by atoms with van der Waals surface area (Å²) in [4.78, 5) is 27.7. The van der Waals surface area contributed by atoms with Gasteiger partial charge in [-0.1, -0.05) is 47.5 Å². The van der Waals surface area contributed by atoms with Gasteiger partial charge in [-0.2, -0.15) is 0 Å². The molecule has 0 radical (unpaired) electrons. The summed E-state index contributed by atoms with van der Waals surface area (Å²) in [5, 5.41) is 2.98. The minimum atomic E-state index is -4.13. The third kappa shape index (κ3) is 6.70. The van der Waals surface area contributed by atoms with Crippen molar-refractivity contribution in [3.05, 3.63) is 94.0 Å². The molecule has 2 amide bonds. The molecule has 1 N–H and O–H groups in total. The normalized spacial score (nSPS) is 12.1. The van der Waals surface area contributed by atoms with Gasteiger partial charge in [0.1, 0.15) is 12.6 Å². The van der Waals surface area contributed by atoms with Crippen LogP contribution in [-0.4, -0.2) is 44.8 Å². The largest absolute Gasteiger partial charge is 0.357 e. The fourth-order valence-corrected chi connectivity index (χ4v) is 5.47. The highest BCUT2D eigenvalue weighted by atomic mass is 35.5. The van der Waals surface area contributed by atoms with Gasteiger partial charge in [0.2, 0.25) is 11.8 Å². The van der Waals surface area contributed by atoms with Crippen molar-refractivity contribution in [1.29, 1.82) is 0 Å². The van der Waals surface area contributed by atoms with E-state index < -0.39 is 28.5 Å². The van der Waals surface area contributed by atoms with Crippen LogP contribution >= 0.6 is 11.6 Å². The highest BCUT2D eigenvalue weighted by Gasteiger charge is 2.32. The molecule has 0 heterocycles. The first-order valence-corrected chi connectivity index (χ1v) is 13.7. The number of amides is 2. The molecular formula is C28H32ClN3O4S. The molecule has 1 atom stereocenters. The maximum atomic E-state index is 13.8. The maximum Gasteiger partial charge on any atom is 0.264 e. The fourth-order valence-electron chi connectivity index (χ4n) is 3.94. The molecule has 3 aromatic carbocycles. The van der Waals surface area contributed by atoms with Crippen molar-refractivity contribution in [1.82, 2.24) is 10.2 Å². The molecular weight excluding hydrogens is 510 g/mol. The van der Waals surface area contributed by atoms with Gasteiger partial charge in [0.15, 0.2) is 0 Å². The summed E-state index contributed by atoms with van der Waals surface area (Å²) in [5.41, 5.74) is 4.08. The molecule has 0 fully saturated rings. The van der Waals surface area contributed by atoms with Crippen molar-refractivity contribution in [3.63, 3.8) is 0 Å². The van der Waals surface area contributed by atoms with Gasteiger partial charge in [0, 0.05) is 18.6 Å². The zero-order valence-corrected chi connectivity index (χ0v) is 23.2. The third-order valence-corrected chi connectivity index (χ3v) is 8.35. The fraction of sp³-hybridized carbons (Fsp3) is 0.286. The van der Waals surface area contributed by atoms with E-state index in [2.05, 4.69) is 5.32 Å². The number of carbonyl (C=O) groups excluding carboxylic acids is 2. The molecule has 0 aliphatic heterocycles. The van der Waals surface area contributed by atoms with Crippen LogP contribution < -0.4 is 9.62 Å². The molecule has 37 heavy (non-hydrogen) atoms. The molecule has 0 aliphatic carbocycles. The summed E-state index contributed by atoms with van der Waals surface area (Å²) < 4.78 is 28.7. The van der Waals surface area contributed by atoms with Crippen LogP contribution in [0.4, 0.5) is 5.69 Å². The molecule has 0 saturated heterocycles. The van der Waals surface area contributed by atoms with Gasteiger partial charge < -0.3 is 10.2 Å². The van der Waals surface area contributed by atoms with E-state index in [1.165, 1.54) is 36.2 Å². The summed E-state index contributed by atoms with van der Waals surface area (Å²) in [6.07, 6.45) is 0. The Morgan fingerprint density at radius 1 is 0.946 bits per heavy atom. The lowest BCUT2D eigenvalue weighted by Crippen LogP contribution is -2.50. The van der Waals surface area contributed by atoms with E-state index in [1.807, 2.05) is 51.1 Å². The number of anilines is 1. The van der Waals surface area contributed by atoms with Crippen LogP contribution in [0.25, 0.3) is 0 Å². The highest BCUT2D eigenvalue weighted by molar-refractivity contribution is 7.92. The number of halogens is 1. The molecule has 0 saturated carbocycles. The second kappa shape index (κ2) is 11.8. The van der Waals surface area contributed by atoms with Gasteiger partial charge >= 0.3 is 0 Å². The third-order valence-electron chi connectivity index (χ3n) is 6.31. The monoisotopic (exact) mass is 541 g/mol. The summed E-state index contributed by atoms with van der Waals surface area (Å²) >= 11 is 5.98. The second-order valence-corrected chi connectivity index (χ2v) is 11.3. The smallest absolute Gasteiger partial charge is 0.264 e. The van der Waals surface area contributed by atoms with Gasteiger partial charge in [0.05, 0.1) is 10.6 Å². The number of benzene rings is 3. The van der Waals surface area contributed by atoms with Crippen LogP contribution in [-0.2, 0) is 26.2 Å². The number of sulfonamides is 1. The van der Waals surface area contributed by atoms with Crippen LogP contribution in [0.2, 0.25) is 5.02 Å². The van der Waals surface area contributed by atoms with Crippen LogP contribution in [0, 0.1) is 20.8 Å². The predicted octanol–water partition coefficient (Wildman–Crippen LogP) is 4.62.